The van der Waals surface area contributed by atoms with Crippen molar-refractivity contribution < 1.29 is 9.53 Å². The number of hydrogen-bond donors (Lipinski definition) is 0. The molecular formula is C14H11Cl2NO3. The fourth-order valence-electron chi connectivity index (χ4n) is 1.98. The molecule has 0 aliphatic heterocycles. The number of carbonyl (C=O) groups is 1. The molecule has 0 N–H and O–H groups in total. The molecule has 4 nitrogen and oxygen atoms in total. The molecule has 0 fully saturated rings. The molecule has 0 radical (unpaired) electrons. The number of halogens is 2. The zero-order valence-corrected chi connectivity index (χ0v) is 12.3. The molecule has 2 aromatic rings. The first kappa shape index (κ1) is 14.6. The van der Waals surface area contributed by atoms with Crippen LogP contribution in [0.15, 0.2) is 35.1 Å². The van der Waals surface area contributed by atoms with Crippen molar-refractivity contribution in [3.05, 3.63) is 62.0 Å². The monoisotopic (exact) mass is 311 g/mol. The van der Waals surface area contributed by atoms with Gasteiger partial charge in [0.25, 0.3) is 5.56 Å². The van der Waals surface area contributed by atoms with Crippen molar-refractivity contribution in [1.29, 1.82) is 0 Å². The maximum atomic E-state index is 12.1. The van der Waals surface area contributed by atoms with Crippen LogP contribution in [0.1, 0.15) is 16.1 Å². The molecule has 0 spiro atoms. The van der Waals surface area contributed by atoms with Crippen LogP contribution in [0.25, 0.3) is 5.69 Å². The lowest BCUT2D eigenvalue weighted by Gasteiger charge is -2.14. The number of aromatic nitrogens is 1. The molecule has 0 atom stereocenters. The van der Waals surface area contributed by atoms with Gasteiger partial charge in [-0.15, -0.1) is 0 Å². The van der Waals surface area contributed by atoms with E-state index in [9.17, 15) is 9.59 Å². The third kappa shape index (κ3) is 2.57. The van der Waals surface area contributed by atoms with Crippen LogP contribution in [0.3, 0.4) is 0 Å². The second-order valence-electron chi connectivity index (χ2n) is 4.10. The number of pyridine rings is 1. The predicted molar refractivity (Wildman–Crippen MR) is 78.1 cm³/mol. The summed E-state index contributed by atoms with van der Waals surface area (Å²) in [6, 6.07) is 7.94. The van der Waals surface area contributed by atoms with Gasteiger partial charge in [0.2, 0.25) is 0 Å². The van der Waals surface area contributed by atoms with Crippen LogP contribution in [0.2, 0.25) is 10.0 Å². The van der Waals surface area contributed by atoms with E-state index < -0.39 is 5.97 Å². The van der Waals surface area contributed by atoms with E-state index in [0.717, 1.165) is 0 Å². The van der Waals surface area contributed by atoms with Crippen molar-refractivity contribution in [1.82, 2.24) is 4.57 Å². The smallest absolute Gasteiger partial charge is 0.341 e. The van der Waals surface area contributed by atoms with E-state index in [1.807, 2.05) is 0 Å². The minimum atomic E-state index is -0.594. The highest BCUT2D eigenvalue weighted by molar-refractivity contribution is 6.33. The summed E-state index contributed by atoms with van der Waals surface area (Å²) in [5, 5.41) is 0.556. The number of hydrogen-bond acceptors (Lipinski definition) is 3. The first-order valence-corrected chi connectivity index (χ1v) is 6.47. The Balaban J connectivity index is 2.77. The van der Waals surface area contributed by atoms with Gasteiger partial charge < -0.3 is 4.74 Å². The molecule has 0 aliphatic carbocycles. The molecule has 104 valence electrons. The molecule has 1 aromatic heterocycles. The summed E-state index contributed by atoms with van der Waals surface area (Å²) < 4.78 is 6.05. The van der Waals surface area contributed by atoms with Gasteiger partial charge in [0.1, 0.15) is 0 Å². The molecule has 1 heterocycles. The molecule has 20 heavy (non-hydrogen) atoms. The Kier molecular flexibility index (Phi) is 4.16. The number of esters is 1. The summed E-state index contributed by atoms with van der Waals surface area (Å²) in [6.45, 7) is 1.63. The van der Waals surface area contributed by atoms with E-state index in [0.29, 0.717) is 16.4 Å². The van der Waals surface area contributed by atoms with Gasteiger partial charge in [0.15, 0.2) is 0 Å². The third-order valence-electron chi connectivity index (χ3n) is 2.86. The Morgan fingerprint density at radius 1 is 1.25 bits per heavy atom. The number of carbonyl (C=O) groups excluding carboxylic acids is 1. The summed E-state index contributed by atoms with van der Waals surface area (Å²) >= 11 is 11.9. The minimum Gasteiger partial charge on any atom is -0.465 e. The number of rotatable bonds is 2. The van der Waals surface area contributed by atoms with Crippen molar-refractivity contribution in [3.63, 3.8) is 0 Å². The van der Waals surface area contributed by atoms with Gasteiger partial charge in [0, 0.05) is 16.8 Å². The Labute approximate surface area is 125 Å². The van der Waals surface area contributed by atoms with Crippen molar-refractivity contribution in [2.45, 2.75) is 6.92 Å². The molecule has 0 amide bonds. The van der Waals surface area contributed by atoms with E-state index in [1.54, 1.807) is 31.2 Å². The number of methoxy groups -OCH3 is 1. The van der Waals surface area contributed by atoms with Crippen LogP contribution in [0.5, 0.6) is 0 Å². The van der Waals surface area contributed by atoms with Crippen LogP contribution in [-0.4, -0.2) is 17.6 Å². The number of benzene rings is 1. The highest BCUT2D eigenvalue weighted by atomic mass is 35.5. The highest BCUT2D eigenvalue weighted by Crippen LogP contribution is 2.22. The molecule has 0 bridgehead atoms. The van der Waals surface area contributed by atoms with Crippen LogP contribution in [0.4, 0.5) is 0 Å². The van der Waals surface area contributed by atoms with Gasteiger partial charge in [-0.2, -0.15) is 0 Å². The van der Waals surface area contributed by atoms with Crippen molar-refractivity contribution >= 4 is 29.2 Å². The maximum Gasteiger partial charge on any atom is 0.341 e. The second kappa shape index (κ2) is 5.69. The Hall–Kier alpha value is -1.78. The van der Waals surface area contributed by atoms with E-state index in [4.69, 9.17) is 23.2 Å². The van der Waals surface area contributed by atoms with Crippen LogP contribution in [-0.2, 0) is 4.74 Å². The predicted octanol–water partition coefficient (Wildman–Crippen LogP) is 3.24. The third-order valence-corrected chi connectivity index (χ3v) is 3.40. The van der Waals surface area contributed by atoms with E-state index in [2.05, 4.69) is 4.74 Å². The van der Waals surface area contributed by atoms with Gasteiger partial charge in [-0.3, -0.25) is 9.36 Å². The molecule has 0 saturated carbocycles. The summed E-state index contributed by atoms with van der Waals surface area (Å²) in [6.07, 6.45) is 0. The average molecular weight is 312 g/mol. The summed E-state index contributed by atoms with van der Waals surface area (Å²) in [4.78, 5) is 23.9. The first-order valence-electron chi connectivity index (χ1n) is 5.72. The summed E-state index contributed by atoms with van der Waals surface area (Å²) in [7, 11) is 1.26. The lowest BCUT2D eigenvalue weighted by molar-refractivity contribution is 0.0599. The first-order chi connectivity index (χ1) is 9.45. The fraction of sp³-hybridized carbons (Fsp3) is 0.143. The Morgan fingerprint density at radius 3 is 2.55 bits per heavy atom. The Bertz CT molecular complexity index is 738. The van der Waals surface area contributed by atoms with Gasteiger partial charge in [-0.05, 0) is 25.1 Å². The number of nitrogens with zero attached hydrogens (tertiary/aromatic N) is 1. The van der Waals surface area contributed by atoms with Crippen molar-refractivity contribution in [2.24, 2.45) is 0 Å². The molecule has 2 rings (SSSR count). The molecule has 6 heteroatoms. The lowest BCUT2D eigenvalue weighted by Crippen LogP contribution is -2.23. The minimum absolute atomic E-state index is 0.0672. The molecule has 1 aromatic carbocycles. The molecule has 0 saturated heterocycles. The van der Waals surface area contributed by atoms with Crippen LogP contribution >= 0.6 is 23.2 Å². The topological polar surface area (TPSA) is 48.3 Å². The summed E-state index contributed by atoms with van der Waals surface area (Å²) in [5.74, 6) is -0.594. The van der Waals surface area contributed by atoms with Gasteiger partial charge in [-0.1, -0.05) is 29.3 Å². The molecule has 0 aliphatic rings. The maximum absolute atomic E-state index is 12.1. The fourth-order valence-corrected chi connectivity index (χ4v) is 2.47. The van der Waals surface area contributed by atoms with Crippen LogP contribution < -0.4 is 5.56 Å². The van der Waals surface area contributed by atoms with Gasteiger partial charge in [0.05, 0.1) is 23.4 Å². The highest BCUT2D eigenvalue weighted by Gasteiger charge is 2.19. The quantitative estimate of drug-likeness (QED) is 0.800. The standard InChI is InChI=1S/C14H11Cl2NO3/c1-8-13(14(19)20-2)11(16)7-12(18)17(8)10-5-3-4-9(15)6-10/h3-7H,1-2H3. The largest absolute Gasteiger partial charge is 0.465 e. The zero-order chi connectivity index (χ0) is 14.9. The van der Waals surface area contributed by atoms with Crippen molar-refractivity contribution in [2.75, 3.05) is 7.11 Å². The second-order valence-corrected chi connectivity index (χ2v) is 4.94. The van der Waals surface area contributed by atoms with E-state index >= 15 is 0 Å². The van der Waals surface area contributed by atoms with Crippen molar-refractivity contribution in [3.8, 4) is 5.69 Å². The molecule has 0 unspecified atom stereocenters. The number of ether oxygens (including phenoxy) is 1. The van der Waals surface area contributed by atoms with Gasteiger partial charge in [-0.25, -0.2) is 4.79 Å². The van der Waals surface area contributed by atoms with Crippen LogP contribution in [0, 0.1) is 6.92 Å². The van der Waals surface area contributed by atoms with Gasteiger partial charge >= 0.3 is 5.97 Å². The zero-order valence-electron chi connectivity index (χ0n) is 10.8. The summed E-state index contributed by atoms with van der Waals surface area (Å²) in [5.41, 5.74) is 0.773. The molecular weight excluding hydrogens is 301 g/mol. The van der Waals surface area contributed by atoms with E-state index in [-0.39, 0.29) is 16.1 Å². The Morgan fingerprint density at radius 2 is 1.95 bits per heavy atom. The normalized spacial score (nSPS) is 10.4. The SMILES string of the molecule is COC(=O)c1c(Cl)cc(=O)n(-c2cccc(Cl)c2)c1C. The lowest BCUT2D eigenvalue weighted by atomic mass is 10.2. The average Bonchev–Trinajstić information content (AvgIpc) is 2.37. The van der Waals surface area contributed by atoms with E-state index in [1.165, 1.54) is 17.7 Å².